The van der Waals surface area contributed by atoms with E-state index in [0.29, 0.717) is 4.80 Å². The van der Waals surface area contributed by atoms with Crippen molar-refractivity contribution in [3.63, 3.8) is 0 Å². The van der Waals surface area contributed by atoms with Gasteiger partial charge in [-0.15, -0.1) is 0 Å². The molecule has 28 heavy (non-hydrogen) atoms. The molecule has 0 unspecified atom stereocenters. The number of thiazole rings is 1. The minimum absolute atomic E-state index is 0.0750. The lowest BCUT2D eigenvalue weighted by Crippen LogP contribution is -2.23. The molecular weight excluding hydrogens is 402 g/mol. The van der Waals surface area contributed by atoms with Crippen LogP contribution in [0.4, 0.5) is 5.00 Å². The van der Waals surface area contributed by atoms with Gasteiger partial charge in [0.05, 0.1) is 21.7 Å². The van der Waals surface area contributed by atoms with E-state index in [9.17, 15) is 19.7 Å². The first-order chi connectivity index (χ1) is 13.3. The third-order valence-electron chi connectivity index (χ3n) is 3.88. The number of fused-ring (bicyclic) bond motifs is 1. The molecule has 0 radical (unpaired) electrons. The van der Waals surface area contributed by atoms with E-state index in [1.54, 1.807) is 11.5 Å². The molecule has 2 heterocycles. The second-order valence-corrected chi connectivity index (χ2v) is 8.09. The first kappa shape index (κ1) is 19.9. The number of aromatic nitrogens is 1. The molecule has 0 aliphatic rings. The number of esters is 1. The summed E-state index contributed by atoms with van der Waals surface area (Å²) in [5.41, 5.74) is 2.82. The van der Waals surface area contributed by atoms with Gasteiger partial charge in [-0.2, -0.15) is 4.99 Å². The van der Waals surface area contributed by atoms with Crippen LogP contribution in [0.1, 0.15) is 27.7 Å². The number of aryl methyl sites for hydroxylation is 2. The van der Waals surface area contributed by atoms with Gasteiger partial charge in [0.1, 0.15) is 11.4 Å². The molecule has 3 aromatic rings. The number of hydrogen-bond donors (Lipinski definition) is 0. The van der Waals surface area contributed by atoms with Crippen molar-refractivity contribution < 1.29 is 19.2 Å². The number of thiophene rings is 1. The molecule has 0 aliphatic heterocycles. The Labute approximate surface area is 167 Å². The molecule has 10 heteroatoms. The average molecular weight is 419 g/mol. The molecule has 0 saturated heterocycles. The summed E-state index contributed by atoms with van der Waals surface area (Å²) in [6, 6.07) is 6.62. The van der Waals surface area contributed by atoms with Crippen molar-refractivity contribution in [1.82, 2.24) is 4.57 Å². The topological polar surface area (TPSA) is 104 Å². The van der Waals surface area contributed by atoms with Crippen molar-refractivity contribution in [2.75, 3.05) is 6.61 Å². The molecular formula is C18H17N3O5S2. The quantitative estimate of drug-likeness (QED) is 0.357. The number of rotatable bonds is 5. The first-order valence-electron chi connectivity index (χ1n) is 8.39. The van der Waals surface area contributed by atoms with Crippen LogP contribution in [-0.4, -0.2) is 28.0 Å². The Balaban J connectivity index is 2.13. The molecule has 0 atom stereocenters. The highest BCUT2D eigenvalue weighted by Crippen LogP contribution is 2.26. The summed E-state index contributed by atoms with van der Waals surface area (Å²) in [6.45, 7) is 5.80. The molecule has 8 nitrogen and oxygen atoms in total. The summed E-state index contributed by atoms with van der Waals surface area (Å²) < 4.78 is 7.60. The Bertz CT molecular complexity index is 1160. The highest BCUT2D eigenvalue weighted by atomic mass is 32.1. The average Bonchev–Trinajstić information content (AvgIpc) is 3.21. The van der Waals surface area contributed by atoms with E-state index < -0.39 is 16.8 Å². The standard InChI is InChI=1S/C18H17N3O5S2/c1-4-26-15(22)9-20-16-11(3)7-10(2)8-13(16)28-18(20)19-17(23)12-5-6-14(27-12)21(24)25/h5-8H,4,9H2,1-3H3. The molecule has 0 N–H and O–H groups in total. The van der Waals surface area contributed by atoms with Crippen molar-refractivity contribution in [3.05, 3.63) is 55.2 Å². The van der Waals surface area contributed by atoms with Crippen LogP contribution >= 0.6 is 22.7 Å². The summed E-state index contributed by atoms with van der Waals surface area (Å²) in [7, 11) is 0. The number of nitrogens with zero attached hydrogens (tertiary/aromatic N) is 3. The Kier molecular flexibility index (Phi) is 5.71. The third kappa shape index (κ3) is 4.02. The van der Waals surface area contributed by atoms with E-state index in [4.69, 9.17) is 4.74 Å². The van der Waals surface area contributed by atoms with Gasteiger partial charge in [0.15, 0.2) is 4.80 Å². The summed E-state index contributed by atoms with van der Waals surface area (Å²) in [6.07, 6.45) is 0. The summed E-state index contributed by atoms with van der Waals surface area (Å²) in [5, 5.41) is 10.7. The van der Waals surface area contributed by atoms with Crippen LogP contribution in [0, 0.1) is 24.0 Å². The molecule has 0 spiro atoms. The lowest BCUT2D eigenvalue weighted by Gasteiger charge is -2.07. The predicted octanol–water partition coefficient (Wildman–Crippen LogP) is 3.59. The van der Waals surface area contributed by atoms with Gasteiger partial charge in [-0.3, -0.25) is 19.7 Å². The third-order valence-corrected chi connectivity index (χ3v) is 5.93. The Hall–Kier alpha value is -2.85. The molecule has 3 rings (SSSR count). The highest BCUT2D eigenvalue weighted by Gasteiger charge is 2.17. The molecule has 146 valence electrons. The SMILES string of the molecule is CCOC(=O)Cn1c(=NC(=O)c2ccc([N+](=O)[O-])s2)sc2cc(C)cc(C)c21. The van der Waals surface area contributed by atoms with Gasteiger partial charge in [0, 0.05) is 6.07 Å². The van der Waals surface area contributed by atoms with E-state index in [-0.39, 0.29) is 23.0 Å². The fraction of sp³-hybridized carbons (Fsp3) is 0.278. The number of benzene rings is 1. The van der Waals surface area contributed by atoms with Gasteiger partial charge in [0.2, 0.25) is 0 Å². The molecule has 0 saturated carbocycles. The molecule has 0 fully saturated rings. The van der Waals surface area contributed by atoms with E-state index in [0.717, 1.165) is 32.7 Å². The van der Waals surface area contributed by atoms with E-state index in [2.05, 4.69) is 4.99 Å². The highest BCUT2D eigenvalue weighted by molar-refractivity contribution is 7.17. The number of ether oxygens (including phenoxy) is 1. The van der Waals surface area contributed by atoms with Crippen LogP contribution in [0.5, 0.6) is 0 Å². The Morgan fingerprint density at radius 1 is 1.25 bits per heavy atom. The molecule has 2 aromatic heterocycles. The van der Waals surface area contributed by atoms with Gasteiger partial charge in [0.25, 0.3) is 5.91 Å². The van der Waals surface area contributed by atoms with Crippen LogP contribution in [0.3, 0.4) is 0 Å². The fourth-order valence-corrected chi connectivity index (χ4v) is 4.75. The van der Waals surface area contributed by atoms with Gasteiger partial charge >= 0.3 is 11.0 Å². The second kappa shape index (κ2) is 8.03. The minimum Gasteiger partial charge on any atom is -0.465 e. The lowest BCUT2D eigenvalue weighted by atomic mass is 10.1. The van der Waals surface area contributed by atoms with Gasteiger partial charge < -0.3 is 9.30 Å². The molecule has 1 aromatic carbocycles. The van der Waals surface area contributed by atoms with Crippen LogP contribution in [0.15, 0.2) is 29.3 Å². The zero-order valence-corrected chi connectivity index (χ0v) is 17.1. The number of hydrogen-bond acceptors (Lipinski definition) is 7. The molecule has 1 amide bonds. The van der Waals surface area contributed by atoms with Gasteiger partial charge in [-0.25, -0.2) is 0 Å². The molecule has 0 aliphatic carbocycles. The van der Waals surface area contributed by atoms with Crippen molar-refractivity contribution in [3.8, 4) is 0 Å². The number of nitro groups is 1. The van der Waals surface area contributed by atoms with Crippen molar-refractivity contribution in [1.29, 1.82) is 0 Å². The van der Waals surface area contributed by atoms with E-state index >= 15 is 0 Å². The van der Waals surface area contributed by atoms with Crippen molar-refractivity contribution in [2.45, 2.75) is 27.3 Å². The normalized spacial score (nSPS) is 11.8. The zero-order valence-electron chi connectivity index (χ0n) is 15.4. The van der Waals surface area contributed by atoms with Gasteiger partial charge in [-0.1, -0.05) is 28.7 Å². The smallest absolute Gasteiger partial charge is 0.326 e. The predicted molar refractivity (Wildman–Crippen MR) is 107 cm³/mol. The first-order valence-corrected chi connectivity index (χ1v) is 10.0. The van der Waals surface area contributed by atoms with Crippen LogP contribution < -0.4 is 4.80 Å². The van der Waals surface area contributed by atoms with Crippen LogP contribution in [0.25, 0.3) is 10.2 Å². The largest absolute Gasteiger partial charge is 0.465 e. The Morgan fingerprint density at radius 3 is 2.64 bits per heavy atom. The zero-order chi connectivity index (χ0) is 20.4. The van der Waals surface area contributed by atoms with E-state index in [1.165, 1.54) is 23.5 Å². The Morgan fingerprint density at radius 2 is 2.00 bits per heavy atom. The number of carbonyl (C=O) groups is 2. The maximum absolute atomic E-state index is 12.5. The number of amides is 1. The van der Waals surface area contributed by atoms with Gasteiger partial charge in [-0.05, 0) is 44.0 Å². The summed E-state index contributed by atoms with van der Waals surface area (Å²) in [5.74, 6) is -1.01. The summed E-state index contributed by atoms with van der Waals surface area (Å²) >= 11 is 2.06. The molecule has 0 bridgehead atoms. The fourth-order valence-electron chi connectivity index (χ4n) is 2.84. The maximum Gasteiger partial charge on any atom is 0.326 e. The van der Waals surface area contributed by atoms with Crippen molar-refractivity contribution >= 4 is 49.8 Å². The van der Waals surface area contributed by atoms with Crippen LogP contribution in [-0.2, 0) is 16.1 Å². The maximum atomic E-state index is 12.5. The van der Waals surface area contributed by atoms with Crippen molar-refractivity contribution in [2.24, 2.45) is 4.99 Å². The van der Waals surface area contributed by atoms with E-state index in [1.807, 2.05) is 26.0 Å². The number of carbonyl (C=O) groups excluding carboxylic acids is 2. The summed E-state index contributed by atoms with van der Waals surface area (Å²) in [4.78, 5) is 39.6. The van der Waals surface area contributed by atoms with Crippen LogP contribution in [0.2, 0.25) is 0 Å². The minimum atomic E-state index is -0.586. The second-order valence-electron chi connectivity index (χ2n) is 6.02. The lowest BCUT2D eigenvalue weighted by molar-refractivity contribution is -0.380. The monoisotopic (exact) mass is 419 g/mol.